The molecular formula is C19H16ClF2N3O2S2. The summed E-state index contributed by atoms with van der Waals surface area (Å²) >= 11 is 7.30. The monoisotopic (exact) mass is 455 g/mol. The maximum Gasteiger partial charge on any atom is 0.243 e. The van der Waals surface area contributed by atoms with E-state index >= 15 is 0 Å². The highest BCUT2D eigenvalue weighted by atomic mass is 35.5. The van der Waals surface area contributed by atoms with Crippen molar-refractivity contribution in [1.29, 1.82) is 0 Å². The van der Waals surface area contributed by atoms with Crippen LogP contribution in [0.15, 0.2) is 52.7 Å². The highest BCUT2D eigenvalue weighted by Crippen LogP contribution is 2.30. The average Bonchev–Trinajstić information content (AvgIpc) is 3.20. The van der Waals surface area contributed by atoms with Gasteiger partial charge in [0.25, 0.3) is 0 Å². The van der Waals surface area contributed by atoms with Gasteiger partial charge in [-0.1, -0.05) is 17.7 Å². The molecule has 0 atom stereocenters. The molecule has 0 unspecified atom stereocenters. The van der Waals surface area contributed by atoms with E-state index in [2.05, 4.69) is 4.98 Å². The number of hydrogen-bond acceptors (Lipinski definition) is 5. The fourth-order valence-electron chi connectivity index (χ4n) is 3.09. The minimum Gasteiger partial charge on any atom is -0.345 e. The molecule has 152 valence electrons. The number of hydrogen-bond donors (Lipinski definition) is 0. The van der Waals surface area contributed by atoms with Crippen LogP contribution in [0.3, 0.4) is 0 Å². The van der Waals surface area contributed by atoms with Gasteiger partial charge in [-0.25, -0.2) is 22.2 Å². The topological polar surface area (TPSA) is 53.5 Å². The Hall–Kier alpha value is -2.07. The molecule has 1 aliphatic rings. The summed E-state index contributed by atoms with van der Waals surface area (Å²) in [5.41, 5.74) is 1.05. The molecular weight excluding hydrogens is 440 g/mol. The molecule has 5 nitrogen and oxygen atoms in total. The van der Waals surface area contributed by atoms with Crippen molar-refractivity contribution in [2.45, 2.75) is 4.90 Å². The van der Waals surface area contributed by atoms with Crippen molar-refractivity contribution < 1.29 is 17.2 Å². The summed E-state index contributed by atoms with van der Waals surface area (Å²) in [7, 11) is -3.61. The van der Waals surface area contributed by atoms with Crippen LogP contribution in [0.1, 0.15) is 0 Å². The summed E-state index contributed by atoms with van der Waals surface area (Å²) in [4.78, 5) is 6.66. The summed E-state index contributed by atoms with van der Waals surface area (Å²) in [5.74, 6) is -1.82. The molecule has 3 aromatic rings. The first-order valence-corrected chi connectivity index (χ1v) is 11.5. The lowest BCUT2D eigenvalue weighted by Gasteiger charge is -2.33. The maximum absolute atomic E-state index is 13.5. The van der Waals surface area contributed by atoms with Crippen LogP contribution in [0.25, 0.3) is 11.3 Å². The molecule has 0 aliphatic carbocycles. The van der Waals surface area contributed by atoms with E-state index in [0.29, 0.717) is 47.6 Å². The molecule has 2 aromatic carbocycles. The Morgan fingerprint density at radius 1 is 1.00 bits per heavy atom. The molecule has 1 aromatic heterocycles. The highest BCUT2D eigenvalue weighted by Gasteiger charge is 2.29. The van der Waals surface area contributed by atoms with Gasteiger partial charge < -0.3 is 4.90 Å². The number of nitrogens with zero attached hydrogens (tertiary/aromatic N) is 3. The molecule has 0 saturated carbocycles. The molecule has 0 amide bonds. The zero-order valence-electron chi connectivity index (χ0n) is 15.1. The smallest absolute Gasteiger partial charge is 0.243 e. The van der Waals surface area contributed by atoms with E-state index in [1.54, 1.807) is 17.5 Å². The average molecular weight is 456 g/mol. The van der Waals surface area contributed by atoms with Crippen molar-refractivity contribution in [2.24, 2.45) is 0 Å². The number of sulfonamides is 1. The maximum atomic E-state index is 13.5. The van der Waals surface area contributed by atoms with E-state index in [-0.39, 0.29) is 4.90 Å². The Morgan fingerprint density at radius 2 is 1.76 bits per heavy atom. The molecule has 1 saturated heterocycles. The molecule has 1 fully saturated rings. The van der Waals surface area contributed by atoms with Crippen molar-refractivity contribution in [3.63, 3.8) is 0 Å². The molecule has 0 bridgehead atoms. The van der Waals surface area contributed by atoms with Gasteiger partial charge in [0.05, 0.1) is 10.6 Å². The minimum atomic E-state index is -3.61. The predicted molar refractivity (Wildman–Crippen MR) is 110 cm³/mol. The van der Waals surface area contributed by atoms with E-state index < -0.39 is 21.7 Å². The number of benzene rings is 2. The van der Waals surface area contributed by atoms with Gasteiger partial charge in [-0.2, -0.15) is 4.31 Å². The number of halogens is 3. The van der Waals surface area contributed by atoms with Gasteiger partial charge in [-0.05, 0) is 36.4 Å². The Kier molecular flexibility index (Phi) is 5.56. The number of rotatable bonds is 4. The molecule has 10 heteroatoms. The lowest BCUT2D eigenvalue weighted by molar-refractivity contribution is 0.385. The van der Waals surface area contributed by atoms with E-state index in [1.807, 2.05) is 4.90 Å². The van der Waals surface area contributed by atoms with Crippen molar-refractivity contribution in [3.05, 3.63) is 64.5 Å². The predicted octanol–water partition coefficient (Wildman–Crippen LogP) is 4.25. The zero-order chi connectivity index (χ0) is 20.6. The Labute approximate surface area is 176 Å². The third kappa shape index (κ3) is 4.13. The van der Waals surface area contributed by atoms with Gasteiger partial charge in [0, 0.05) is 42.1 Å². The van der Waals surface area contributed by atoms with Gasteiger partial charge in [-0.15, -0.1) is 11.3 Å². The summed E-state index contributed by atoms with van der Waals surface area (Å²) in [6, 6.07) is 9.88. The largest absolute Gasteiger partial charge is 0.345 e. The molecule has 0 radical (unpaired) electrons. The second-order valence-corrected chi connectivity index (χ2v) is 9.70. The fourth-order valence-corrected chi connectivity index (χ4v) is 5.71. The third-order valence-corrected chi connectivity index (χ3v) is 7.68. The highest BCUT2D eigenvalue weighted by molar-refractivity contribution is 7.89. The fraction of sp³-hybridized carbons (Fsp3) is 0.211. The van der Waals surface area contributed by atoms with E-state index in [0.717, 1.165) is 12.1 Å². The van der Waals surface area contributed by atoms with E-state index in [1.165, 1.54) is 33.8 Å². The van der Waals surface area contributed by atoms with Crippen molar-refractivity contribution in [3.8, 4) is 11.3 Å². The van der Waals surface area contributed by atoms with Crippen LogP contribution in [-0.4, -0.2) is 43.9 Å². The van der Waals surface area contributed by atoms with Gasteiger partial charge in [0.2, 0.25) is 10.0 Å². The number of aromatic nitrogens is 1. The zero-order valence-corrected chi connectivity index (χ0v) is 17.4. The third-order valence-electron chi connectivity index (χ3n) is 4.65. The molecule has 29 heavy (non-hydrogen) atoms. The lowest BCUT2D eigenvalue weighted by Crippen LogP contribution is -2.48. The lowest BCUT2D eigenvalue weighted by atomic mass is 10.2. The quantitative estimate of drug-likeness (QED) is 0.590. The Bertz CT molecular complexity index is 1150. The van der Waals surface area contributed by atoms with Crippen LogP contribution in [-0.2, 0) is 10.0 Å². The normalized spacial score (nSPS) is 15.6. The molecule has 0 spiro atoms. The van der Waals surface area contributed by atoms with Gasteiger partial charge >= 0.3 is 0 Å². The summed E-state index contributed by atoms with van der Waals surface area (Å²) in [6.07, 6.45) is 0. The van der Waals surface area contributed by atoms with Crippen LogP contribution in [0.4, 0.5) is 13.9 Å². The van der Waals surface area contributed by atoms with Crippen LogP contribution < -0.4 is 4.90 Å². The van der Waals surface area contributed by atoms with Crippen LogP contribution in [0, 0.1) is 11.6 Å². The standard InChI is InChI=1S/C19H16ClF2N3O2S2/c20-14-2-1-3-15(11-14)29(26,27)25-8-6-24(7-9-25)19-23-18(12-28-19)13-4-5-16(21)17(22)10-13/h1-5,10-12H,6-9H2. The van der Waals surface area contributed by atoms with Gasteiger partial charge in [0.15, 0.2) is 16.8 Å². The summed E-state index contributed by atoms with van der Waals surface area (Å²) in [6.45, 7) is 1.58. The SMILES string of the molecule is O=S(=O)(c1cccc(Cl)c1)N1CCN(c2nc(-c3ccc(F)c(F)c3)cs2)CC1. The van der Waals surface area contributed by atoms with E-state index in [4.69, 9.17) is 11.6 Å². The first-order chi connectivity index (χ1) is 13.8. The Balaban J connectivity index is 1.46. The van der Waals surface area contributed by atoms with Gasteiger partial charge in [0.1, 0.15) is 0 Å². The van der Waals surface area contributed by atoms with Gasteiger partial charge in [-0.3, -0.25) is 0 Å². The Morgan fingerprint density at radius 3 is 2.45 bits per heavy atom. The van der Waals surface area contributed by atoms with Crippen LogP contribution >= 0.6 is 22.9 Å². The second kappa shape index (κ2) is 7.98. The van der Waals surface area contributed by atoms with Crippen LogP contribution in [0.5, 0.6) is 0 Å². The summed E-state index contributed by atoms with van der Waals surface area (Å²) < 4.78 is 53.6. The molecule has 4 rings (SSSR count). The summed E-state index contributed by atoms with van der Waals surface area (Å²) in [5, 5.41) is 2.86. The minimum absolute atomic E-state index is 0.174. The van der Waals surface area contributed by atoms with Crippen molar-refractivity contribution >= 4 is 38.1 Å². The number of thiazole rings is 1. The van der Waals surface area contributed by atoms with Crippen LogP contribution in [0.2, 0.25) is 5.02 Å². The van der Waals surface area contributed by atoms with Crippen molar-refractivity contribution in [2.75, 3.05) is 31.1 Å². The first-order valence-electron chi connectivity index (χ1n) is 8.76. The first kappa shape index (κ1) is 20.2. The molecule has 1 aliphatic heterocycles. The second-order valence-electron chi connectivity index (χ2n) is 6.49. The number of anilines is 1. The molecule has 0 N–H and O–H groups in total. The number of piperazine rings is 1. The van der Waals surface area contributed by atoms with E-state index in [9.17, 15) is 17.2 Å². The van der Waals surface area contributed by atoms with Crippen molar-refractivity contribution in [1.82, 2.24) is 9.29 Å². The molecule has 2 heterocycles.